The van der Waals surface area contributed by atoms with Crippen molar-refractivity contribution in [2.75, 3.05) is 33.5 Å². The summed E-state index contributed by atoms with van der Waals surface area (Å²) in [5.74, 6) is 1.76. The molecule has 106 valence electrons. The monoisotopic (exact) mass is 264 g/mol. The van der Waals surface area contributed by atoms with E-state index >= 15 is 0 Å². The summed E-state index contributed by atoms with van der Waals surface area (Å²) in [5.41, 5.74) is 2.62. The van der Waals surface area contributed by atoms with E-state index in [1.54, 1.807) is 0 Å². The van der Waals surface area contributed by atoms with E-state index in [2.05, 4.69) is 29.7 Å². The normalized spacial score (nSPS) is 12.9. The molecule has 0 saturated heterocycles. The van der Waals surface area contributed by atoms with Gasteiger partial charge in [0.15, 0.2) is 11.5 Å². The van der Waals surface area contributed by atoms with Crippen molar-refractivity contribution in [2.45, 2.75) is 26.2 Å². The SMILES string of the molecule is CNCCCCNCCc1cc2c(cc1C)OCO2. The maximum Gasteiger partial charge on any atom is 0.231 e. The Balaban J connectivity index is 1.71. The molecule has 0 fully saturated rings. The van der Waals surface area contributed by atoms with Crippen LogP contribution in [-0.4, -0.2) is 33.5 Å². The van der Waals surface area contributed by atoms with E-state index in [0.29, 0.717) is 6.79 Å². The molecule has 0 bridgehead atoms. The standard InChI is InChI=1S/C15H24N2O2/c1-12-9-14-15(19-11-18-14)10-13(12)5-8-17-7-4-3-6-16-2/h9-10,16-17H,3-8,11H2,1-2H3. The van der Waals surface area contributed by atoms with E-state index in [-0.39, 0.29) is 0 Å². The lowest BCUT2D eigenvalue weighted by Gasteiger charge is -2.09. The molecular weight excluding hydrogens is 240 g/mol. The molecule has 4 nitrogen and oxygen atoms in total. The van der Waals surface area contributed by atoms with Crippen LogP contribution in [0.15, 0.2) is 12.1 Å². The van der Waals surface area contributed by atoms with Crippen LogP contribution < -0.4 is 20.1 Å². The molecule has 1 aliphatic rings. The Morgan fingerprint density at radius 2 is 1.79 bits per heavy atom. The van der Waals surface area contributed by atoms with E-state index in [0.717, 1.165) is 37.6 Å². The summed E-state index contributed by atoms with van der Waals surface area (Å²) in [6, 6.07) is 4.19. The molecular formula is C15H24N2O2. The number of fused-ring (bicyclic) bond motifs is 1. The van der Waals surface area contributed by atoms with Crippen molar-refractivity contribution >= 4 is 0 Å². The quantitative estimate of drug-likeness (QED) is 0.703. The number of aryl methyl sites for hydroxylation is 1. The number of ether oxygens (including phenoxy) is 2. The summed E-state index contributed by atoms with van der Waals surface area (Å²) in [6.45, 7) is 5.68. The van der Waals surface area contributed by atoms with E-state index < -0.39 is 0 Å². The van der Waals surface area contributed by atoms with E-state index in [4.69, 9.17) is 9.47 Å². The fourth-order valence-electron chi connectivity index (χ4n) is 2.25. The predicted octanol–water partition coefficient (Wildman–Crippen LogP) is 1.86. The Morgan fingerprint density at radius 1 is 1.05 bits per heavy atom. The molecule has 1 aromatic carbocycles. The third-order valence-corrected chi connectivity index (χ3v) is 3.43. The minimum atomic E-state index is 0.349. The van der Waals surface area contributed by atoms with E-state index in [9.17, 15) is 0 Å². The van der Waals surface area contributed by atoms with Crippen LogP contribution in [0.4, 0.5) is 0 Å². The fourth-order valence-corrected chi connectivity index (χ4v) is 2.25. The van der Waals surface area contributed by atoms with Gasteiger partial charge in [0, 0.05) is 0 Å². The van der Waals surface area contributed by atoms with Gasteiger partial charge in [-0.1, -0.05) is 0 Å². The Labute approximate surface area is 115 Å². The van der Waals surface area contributed by atoms with Crippen LogP contribution in [0.5, 0.6) is 11.5 Å². The highest BCUT2D eigenvalue weighted by Gasteiger charge is 2.15. The first-order chi connectivity index (χ1) is 9.31. The molecule has 19 heavy (non-hydrogen) atoms. The van der Waals surface area contributed by atoms with Gasteiger partial charge in [-0.3, -0.25) is 0 Å². The predicted molar refractivity (Wildman–Crippen MR) is 77.0 cm³/mol. The highest BCUT2D eigenvalue weighted by atomic mass is 16.7. The van der Waals surface area contributed by atoms with Crippen molar-refractivity contribution in [3.63, 3.8) is 0 Å². The maximum atomic E-state index is 5.42. The molecule has 1 aliphatic heterocycles. The summed E-state index contributed by atoms with van der Waals surface area (Å²) < 4.78 is 10.8. The van der Waals surface area contributed by atoms with Crippen LogP contribution >= 0.6 is 0 Å². The molecule has 0 spiro atoms. The van der Waals surface area contributed by atoms with Gasteiger partial charge < -0.3 is 20.1 Å². The topological polar surface area (TPSA) is 42.5 Å². The van der Waals surface area contributed by atoms with E-state index in [1.807, 2.05) is 7.05 Å². The van der Waals surface area contributed by atoms with Crippen LogP contribution in [0.25, 0.3) is 0 Å². The molecule has 2 N–H and O–H groups in total. The molecule has 2 rings (SSSR count). The Bertz CT molecular complexity index is 407. The second kappa shape index (κ2) is 7.36. The van der Waals surface area contributed by atoms with Crippen molar-refractivity contribution in [3.8, 4) is 11.5 Å². The minimum absolute atomic E-state index is 0.349. The van der Waals surface area contributed by atoms with Gasteiger partial charge >= 0.3 is 0 Å². The van der Waals surface area contributed by atoms with Gasteiger partial charge in [-0.2, -0.15) is 0 Å². The highest BCUT2D eigenvalue weighted by molar-refractivity contribution is 5.48. The summed E-state index contributed by atoms with van der Waals surface area (Å²) in [7, 11) is 2.00. The summed E-state index contributed by atoms with van der Waals surface area (Å²) >= 11 is 0. The Hall–Kier alpha value is -1.26. The maximum absolute atomic E-state index is 5.42. The molecule has 0 aliphatic carbocycles. The zero-order chi connectivity index (χ0) is 13.5. The lowest BCUT2D eigenvalue weighted by Crippen LogP contribution is -2.20. The van der Waals surface area contributed by atoms with Crippen molar-refractivity contribution in [1.29, 1.82) is 0 Å². The molecule has 0 radical (unpaired) electrons. The van der Waals surface area contributed by atoms with Gasteiger partial charge in [0.05, 0.1) is 0 Å². The largest absolute Gasteiger partial charge is 0.454 e. The van der Waals surface area contributed by atoms with Crippen LogP contribution in [0.2, 0.25) is 0 Å². The molecule has 0 aromatic heterocycles. The van der Waals surface area contributed by atoms with Gasteiger partial charge in [-0.15, -0.1) is 0 Å². The highest BCUT2D eigenvalue weighted by Crippen LogP contribution is 2.34. The number of nitrogens with one attached hydrogen (secondary N) is 2. The smallest absolute Gasteiger partial charge is 0.231 e. The van der Waals surface area contributed by atoms with Gasteiger partial charge in [0.2, 0.25) is 6.79 Å². The van der Waals surface area contributed by atoms with Crippen molar-refractivity contribution in [3.05, 3.63) is 23.3 Å². The second-order valence-corrected chi connectivity index (χ2v) is 4.94. The van der Waals surface area contributed by atoms with Crippen molar-refractivity contribution in [2.24, 2.45) is 0 Å². The number of benzene rings is 1. The summed E-state index contributed by atoms with van der Waals surface area (Å²) in [5, 5.41) is 6.65. The zero-order valence-corrected chi connectivity index (χ0v) is 11.9. The Kier molecular flexibility index (Phi) is 5.48. The fraction of sp³-hybridized carbons (Fsp3) is 0.600. The molecule has 1 heterocycles. The minimum Gasteiger partial charge on any atom is -0.454 e. The lowest BCUT2D eigenvalue weighted by atomic mass is 10.0. The molecule has 0 unspecified atom stereocenters. The Morgan fingerprint density at radius 3 is 2.58 bits per heavy atom. The number of unbranched alkanes of at least 4 members (excludes halogenated alkanes) is 1. The van der Waals surface area contributed by atoms with Crippen molar-refractivity contribution < 1.29 is 9.47 Å². The van der Waals surface area contributed by atoms with E-state index in [1.165, 1.54) is 24.0 Å². The van der Waals surface area contributed by atoms with Gasteiger partial charge in [-0.05, 0) is 76.1 Å². The third-order valence-electron chi connectivity index (χ3n) is 3.43. The van der Waals surface area contributed by atoms with Gasteiger partial charge in [-0.25, -0.2) is 0 Å². The number of hydrogen-bond acceptors (Lipinski definition) is 4. The average Bonchev–Trinajstić information content (AvgIpc) is 2.84. The van der Waals surface area contributed by atoms with Gasteiger partial charge in [0.1, 0.15) is 0 Å². The van der Waals surface area contributed by atoms with Crippen LogP contribution in [0, 0.1) is 6.92 Å². The lowest BCUT2D eigenvalue weighted by molar-refractivity contribution is 0.174. The van der Waals surface area contributed by atoms with Crippen molar-refractivity contribution in [1.82, 2.24) is 10.6 Å². The molecule has 4 heteroatoms. The van der Waals surface area contributed by atoms with Crippen LogP contribution in [0.1, 0.15) is 24.0 Å². The van der Waals surface area contributed by atoms with Gasteiger partial charge in [0.25, 0.3) is 0 Å². The molecule has 0 atom stereocenters. The molecule has 0 amide bonds. The summed E-state index contributed by atoms with van der Waals surface area (Å²) in [6.07, 6.45) is 3.49. The molecule has 1 aromatic rings. The summed E-state index contributed by atoms with van der Waals surface area (Å²) in [4.78, 5) is 0. The average molecular weight is 264 g/mol. The second-order valence-electron chi connectivity index (χ2n) is 4.94. The first kappa shape index (κ1) is 14.2. The van der Waals surface area contributed by atoms with Crippen LogP contribution in [0.3, 0.4) is 0 Å². The third kappa shape index (κ3) is 4.11. The number of hydrogen-bond donors (Lipinski definition) is 2. The van der Waals surface area contributed by atoms with Crippen LogP contribution in [-0.2, 0) is 6.42 Å². The first-order valence-corrected chi connectivity index (χ1v) is 7.05. The zero-order valence-electron chi connectivity index (χ0n) is 11.9. The first-order valence-electron chi connectivity index (χ1n) is 7.05. The molecule has 0 saturated carbocycles. The number of rotatable bonds is 8.